The summed E-state index contributed by atoms with van der Waals surface area (Å²) in [6, 6.07) is 0.794. The molecule has 1 aromatic rings. The number of pyridine rings is 1. The third-order valence-corrected chi connectivity index (χ3v) is 6.62. The molecule has 194 valence electrons. The van der Waals surface area contributed by atoms with E-state index in [1.54, 1.807) is 20.8 Å². The number of piperidine rings is 2. The van der Waals surface area contributed by atoms with Crippen LogP contribution in [0.25, 0.3) is 0 Å². The predicted molar refractivity (Wildman–Crippen MR) is 131 cm³/mol. The number of nitrogens with zero attached hydrogens (tertiary/aromatic N) is 2. The van der Waals surface area contributed by atoms with Crippen LogP contribution in [0.5, 0.6) is 5.75 Å². The van der Waals surface area contributed by atoms with Gasteiger partial charge in [-0.2, -0.15) is 0 Å². The molecule has 3 rings (SSSR count). The van der Waals surface area contributed by atoms with Crippen LogP contribution in [-0.4, -0.2) is 64.6 Å². The maximum atomic E-state index is 13.2. The minimum absolute atomic E-state index is 0.0471. The minimum Gasteiger partial charge on any atom is -0.506 e. The van der Waals surface area contributed by atoms with Crippen molar-refractivity contribution in [1.82, 2.24) is 20.5 Å². The van der Waals surface area contributed by atoms with Gasteiger partial charge in [0.2, 0.25) is 11.8 Å². The van der Waals surface area contributed by atoms with Crippen molar-refractivity contribution in [2.75, 3.05) is 26.2 Å². The van der Waals surface area contributed by atoms with E-state index in [1.807, 2.05) is 4.90 Å². The van der Waals surface area contributed by atoms with Crippen molar-refractivity contribution < 1.29 is 24.2 Å². The summed E-state index contributed by atoms with van der Waals surface area (Å²) in [5.74, 6) is -0.355. The van der Waals surface area contributed by atoms with Gasteiger partial charge in [-0.05, 0) is 83.5 Å². The van der Waals surface area contributed by atoms with E-state index in [2.05, 4.69) is 15.6 Å². The number of rotatable bonds is 8. The first kappa shape index (κ1) is 26.9. The number of hydrogen-bond donors (Lipinski definition) is 3. The summed E-state index contributed by atoms with van der Waals surface area (Å²) in [4.78, 5) is 44.4. The molecular weight excluding hydrogens is 448 g/mol. The Morgan fingerprint density at radius 2 is 1.97 bits per heavy atom. The molecule has 0 saturated carbocycles. The molecule has 0 radical (unpaired) electrons. The van der Waals surface area contributed by atoms with Crippen molar-refractivity contribution in [3.63, 3.8) is 0 Å². The third-order valence-electron chi connectivity index (χ3n) is 6.62. The number of ether oxygens (including phenoxy) is 1. The van der Waals surface area contributed by atoms with Gasteiger partial charge < -0.3 is 25.4 Å². The summed E-state index contributed by atoms with van der Waals surface area (Å²) >= 11 is 0. The number of carbonyl (C=O) groups is 3. The van der Waals surface area contributed by atoms with Crippen molar-refractivity contribution in [3.05, 3.63) is 24.0 Å². The summed E-state index contributed by atoms with van der Waals surface area (Å²) in [6.07, 6.45) is 7.83. The topological polar surface area (TPSA) is 121 Å². The molecule has 9 nitrogen and oxygen atoms in total. The standard InChI is InChI=1S/C26H40N4O5/c1-26(2,3)35-24(33)14-22(20-13-21(31)16-28-15-20)29-25(34)19-5-4-12-30(17-19)23(32)7-6-18-8-10-27-11-9-18/h13,15-16,18-19,22,27,31H,4-12,14,17H2,1-3H3,(H,29,34)/t19-,22+/m1/s1. The van der Waals surface area contributed by atoms with Gasteiger partial charge >= 0.3 is 5.97 Å². The number of aromatic nitrogens is 1. The Morgan fingerprint density at radius 1 is 1.23 bits per heavy atom. The summed E-state index contributed by atoms with van der Waals surface area (Å²) in [7, 11) is 0. The second kappa shape index (κ2) is 12.3. The lowest BCUT2D eigenvalue weighted by atomic mass is 9.92. The normalized spacial score (nSPS) is 20.2. The molecule has 2 aliphatic heterocycles. The summed E-state index contributed by atoms with van der Waals surface area (Å²) < 4.78 is 5.44. The van der Waals surface area contributed by atoms with Crippen LogP contribution in [0.15, 0.2) is 18.5 Å². The van der Waals surface area contributed by atoms with Crippen LogP contribution in [0.2, 0.25) is 0 Å². The largest absolute Gasteiger partial charge is 0.506 e. The molecule has 35 heavy (non-hydrogen) atoms. The van der Waals surface area contributed by atoms with Crippen LogP contribution < -0.4 is 10.6 Å². The minimum atomic E-state index is -0.692. The molecule has 3 N–H and O–H groups in total. The van der Waals surface area contributed by atoms with Gasteiger partial charge in [0.15, 0.2) is 0 Å². The van der Waals surface area contributed by atoms with Crippen LogP contribution in [0.4, 0.5) is 0 Å². The highest BCUT2D eigenvalue weighted by atomic mass is 16.6. The van der Waals surface area contributed by atoms with E-state index in [4.69, 9.17) is 4.74 Å². The van der Waals surface area contributed by atoms with E-state index in [0.29, 0.717) is 37.4 Å². The van der Waals surface area contributed by atoms with E-state index in [9.17, 15) is 19.5 Å². The highest BCUT2D eigenvalue weighted by molar-refractivity contribution is 5.82. The van der Waals surface area contributed by atoms with Gasteiger partial charge in [0.05, 0.1) is 24.6 Å². The maximum Gasteiger partial charge on any atom is 0.308 e. The van der Waals surface area contributed by atoms with E-state index in [0.717, 1.165) is 38.8 Å². The maximum absolute atomic E-state index is 13.2. The van der Waals surface area contributed by atoms with Crippen LogP contribution in [0.3, 0.4) is 0 Å². The van der Waals surface area contributed by atoms with Gasteiger partial charge in [0.1, 0.15) is 11.4 Å². The van der Waals surface area contributed by atoms with E-state index in [-0.39, 0.29) is 29.9 Å². The molecule has 2 aliphatic rings. The second-order valence-corrected chi connectivity index (χ2v) is 10.7. The Hall–Kier alpha value is -2.68. The first-order valence-corrected chi connectivity index (χ1v) is 12.8. The monoisotopic (exact) mass is 488 g/mol. The lowest BCUT2D eigenvalue weighted by Gasteiger charge is -2.33. The number of esters is 1. The molecule has 0 aromatic carbocycles. The summed E-state index contributed by atoms with van der Waals surface area (Å²) in [5, 5.41) is 16.2. The first-order valence-electron chi connectivity index (χ1n) is 12.8. The smallest absolute Gasteiger partial charge is 0.308 e. The van der Waals surface area contributed by atoms with Crippen molar-refractivity contribution in [2.24, 2.45) is 11.8 Å². The SMILES string of the molecule is CC(C)(C)OC(=O)C[C@H](NC(=O)[C@@H]1CCCN(C(=O)CCC2CCNCC2)C1)c1cncc(O)c1. The molecule has 9 heteroatoms. The van der Waals surface area contributed by atoms with Gasteiger partial charge in [-0.25, -0.2) is 0 Å². The van der Waals surface area contributed by atoms with Crippen molar-refractivity contribution in [3.8, 4) is 5.75 Å². The Morgan fingerprint density at radius 3 is 2.66 bits per heavy atom. The quantitative estimate of drug-likeness (QED) is 0.481. The van der Waals surface area contributed by atoms with Crippen LogP contribution in [-0.2, 0) is 19.1 Å². The molecular formula is C26H40N4O5. The number of carbonyl (C=O) groups excluding carboxylic acids is 3. The summed E-state index contributed by atoms with van der Waals surface area (Å²) in [6.45, 7) is 8.45. The molecule has 1 aromatic heterocycles. The first-order chi connectivity index (χ1) is 16.6. The van der Waals surface area contributed by atoms with Gasteiger partial charge in [-0.15, -0.1) is 0 Å². The van der Waals surface area contributed by atoms with Crippen LogP contribution in [0, 0.1) is 11.8 Å². The Bertz CT molecular complexity index is 879. The molecule has 2 saturated heterocycles. The zero-order valence-corrected chi connectivity index (χ0v) is 21.2. The van der Waals surface area contributed by atoms with Crippen molar-refractivity contribution in [1.29, 1.82) is 0 Å². The Labute approximate surface area is 208 Å². The number of nitrogens with one attached hydrogen (secondary N) is 2. The van der Waals surface area contributed by atoms with E-state index >= 15 is 0 Å². The molecule has 2 amide bonds. The van der Waals surface area contributed by atoms with Gasteiger partial charge in [-0.1, -0.05) is 0 Å². The van der Waals surface area contributed by atoms with Gasteiger partial charge in [-0.3, -0.25) is 19.4 Å². The van der Waals surface area contributed by atoms with E-state index in [1.165, 1.54) is 18.5 Å². The van der Waals surface area contributed by atoms with Crippen LogP contribution >= 0.6 is 0 Å². The number of aromatic hydroxyl groups is 1. The average Bonchev–Trinajstić information content (AvgIpc) is 2.81. The third kappa shape index (κ3) is 8.80. The molecule has 3 heterocycles. The average molecular weight is 489 g/mol. The highest BCUT2D eigenvalue weighted by Crippen LogP contribution is 2.25. The molecule has 0 aliphatic carbocycles. The van der Waals surface area contributed by atoms with Gasteiger partial charge in [0, 0.05) is 25.7 Å². The lowest BCUT2D eigenvalue weighted by Crippen LogP contribution is -2.46. The fourth-order valence-corrected chi connectivity index (χ4v) is 4.80. The van der Waals surface area contributed by atoms with Crippen LogP contribution in [0.1, 0.15) is 77.3 Å². The zero-order valence-electron chi connectivity index (χ0n) is 21.2. The zero-order chi connectivity index (χ0) is 25.4. The fourth-order valence-electron chi connectivity index (χ4n) is 4.80. The number of hydrogen-bond acceptors (Lipinski definition) is 7. The van der Waals surface area contributed by atoms with E-state index < -0.39 is 17.6 Å². The highest BCUT2D eigenvalue weighted by Gasteiger charge is 2.31. The summed E-state index contributed by atoms with van der Waals surface area (Å²) in [5.41, 5.74) is -0.129. The predicted octanol–water partition coefficient (Wildman–Crippen LogP) is 2.69. The lowest BCUT2D eigenvalue weighted by molar-refractivity contribution is -0.155. The fraction of sp³-hybridized carbons (Fsp3) is 0.692. The Balaban J connectivity index is 1.60. The van der Waals surface area contributed by atoms with Crippen molar-refractivity contribution >= 4 is 17.8 Å². The Kier molecular flexibility index (Phi) is 9.48. The molecule has 0 bridgehead atoms. The number of likely N-dealkylation sites (tertiary alicyclic amines) is 1. The number of amides is 2. The molecule has 0 spiro atoms. The molecule has 2 fully saturated rings. The molecule has 2 atom stereocenters. The van der Waals surface area contributed by atoms with Crippen molar-refractivity contribution in [2.45, 2.75) is 77.4 Å². The second-order valence-electron chi connectivity index (χ2n) is 10.7. The molecule has 0 unspecified atom stereocenters. The van der Waals surface area contributed by atoms with Gasteiger partial charge in [0.25, 0.3) is 0 Å².